The van der Waals surface area contributed by atoms with Crippen LogP contribution in [0.2, 0.25) is 0 Å². The summed E-state index contributed by atoms with van der Waals surface area (Å²) in [7, 11) is 0. The van der Waals surface area contributed by atoms with Gasteiger partial charge < -0.3 is 19.8 Å². The molecule has 35 heavy (non-hydrogen) atoms. The molecular formula is C26H28N6O3. The number of fused-ring (bicyclic) bond motifs is 1. The molecule has 3 aromatic heterocycles. The van der Waals surface area contributed by atoms with Gasteiger partial charge in [-0.2, -0.15) is 5.10 Å². The van der Waals surface area contributed by atoms with Gasteiger partial charge in [-0.25, -0.2) is 4.98 Å². The van der Waals surface area contributed by atoms with Gasteiger partial charge in [-0.3, -0.25) is 14.5 Å². The fraction of sp³-hybridized carbons (Fsp3) is 0.385. The number of hydrogen-bond donors (Lipinski definition) is 2. The number of ether oxygens (including phenoxy) is 1. The van der Waals surface area contributed by atoms with Gasteiger partial charge >= 0.3 is 0 Å². The van der Waals surface area contributed by atoms with E-state index in [1.54, 1.807) is 12.3 Å². The van der Waals surface area contributed by atoms with Crippen LogP contribution in [0, 0.1) is 6.92 Å². The summed E-state index contributed by atoms with van der Waals surface area (Å²) in [5, 5.41) is 12.4. The molecule has 9 nitrogen and oxygen atoms in total. The number of rotatable bonds is 5. The van der Waals surface area contributed by atoms with Crippen LogP contribution in [0.4, 0.5) is 5.69 Å². The zero-order chi connectivity index (χ0) is 23.8. The molecule has 0 spiro atoms. The summed E-state index contributed by atoms with van der Waals surface area (Å²) >= 11 is 0. The minimum atomic E-state index is -0.328. The van der Waals surface area contributed by atoms with Crippen LogP contribution in [0.15, 0.2) is 47.2 Å². The van der Waals surface area contributed by atoms with Gasteiger partial charge in [0.1, 0.15) is 12.4 Å². The maximum atomic E-state index is 13.0. The average molecular weight is 473 g/mol. The lowest BCUT2D eigenvalue weighted by Gasteiger charge is -2.26. The normalized spacial score (nSPS) is 18.8. The van der Waals surface area contributed by atoms with Crippen LogP contribution < -0.4 is 10.6 Å². The Morgan fingerprint density at radius 2 is 2.09 bits per heavy atom. The predicted octanol–water partition coefficient (Wildman–Crippen LogP) is 4.42. The number of carbonyl (C=O) groups excluding carboxylic acids is 1. The predicted molar refractivity (Wildman–Crippen MR) is 131 cm³/mol. The number of aromatic nitrogens is 4. The molecule has 1 aliphatic heterocycles. The van der Waals surface area contributed by atoms with Gasteiger partial charge in [0.2, 0.25) is 5.89 Å². The van der Waals surface area contributed by atoms with Crippen molar-refractivity contribution in [1.82, 2.24) is 25.1 Å². The van der Waals surface area contributed by atoms with Gasteiger partial charge in [-0.1, -0.05) is 12.8 Å². The van der Waals surface area contributed by atoms with Crippen molar-refractivity contribution in [1.29, 1.82) is 0 Å². The molecule has 1 aliphatic carbocycles. The first-order valence-electron chi connectivity index (χ1n) is 12.2. The van der Waals surface area contributed by atoms with E-state index in [9.17, 15) is 4.79 Å². The number of morpholine rings is 1. The monoisotopic (exact) mass is 472 g/mol. The number of anilines is 1. The molecule has 6 rings (SSSR count). The Labute approximate surface area is 202 Å². The largest absolute Gasteiger partial charge is 0.444 e. The fourth-order valence-corrected chi connectivity index (χ4v) is 5.07. The Morgan fingerprint density at radius 1 is 1.20 bits per heavy atom. The van der Waals surface area contributed by atoms with Gasteiger partial charge in [0.15, 0.2) is 5.69 Å². The highest BCUT2D eigenvalue weighted by molar-refractivity contribution is 6.04. The van der Waals surface area contributed by atoms with Gasteiger partial charge in [0, 0.05) is 41.6 Å². The Morgan fingerprint density at radius 3 is 2.89 bits per heavy atom. The van der Waals surface area contributed by atoms with E-state index in [0.717, 1.165) is 53.8 Å². The van der Waals surface area contributed by atoms with E-state index < -0.39 is 0 Å². The molecule has 1 atom stereocenters. The van der Waals surface area contributed by atoms with Crippen LogP contribution in [0.5, 0.6) is 0 Å². The maximum absolute atomic E-state index is 13.0. The number of nitrogens with zero attached hydrogens (tertiary/aromatic N) is 4. The first-order chi connectivity index (χ1) is 17.2. The quantitative estimate of drug-likeness (QED) is 0.443. The second-order valence-corrected chi connectivity index (χ2v) is 9.24. The summed E-state index contributed by atoms with van der Waals surface area (Å²) in [6, 6.07) is 9.90. The number of aryl methyl sites for hydroxylation is 1. The van der Waals surface area contributed by atoms with E-state index in [-0.39, 0.29) is 17.7 Å². The van der Waals surface area contributed by atoms with E-state index in [1.165, 1.54) is 19.1 Å². The third-order valence-corrected chi connectivity index (χ3v) is 6.78. The number of nitrogens with one attached hydrogen (secondary N) is 2. The number of benzene rings is 1. The fourth-order valence-electron chi connectivity index (χ4n) is 5.07. The molecule has 2 aliphatic rings. The first-order valence-corrected chi connectivity index (χ1v) is 12.2. The van der Waals surface area contributed by atoms with Crippen molar-refractivity contribution >= 4 is 22.5 Å². The zero-order valence-electron chi connectivity index (χ0n) is 19.7. The second-order valence-electron chi connectivity index (χ2n) is 9.24. The van der Waals surface area contributed by atoms with Crippen molar-refractivity contribution < 1.29 is 13.9 Å². The summed E-state index contributed by atoms with van der Waals surface area (Å²) < 4.78 is 13.9. The summed E-state index contributed by atoms with van der Waals surface area (Å²) in [6.07, 6.45) is 7.73. The smallest absolute Gasteiger partial charge is 0.277 e. The van der Waals surface area contributed by atoms with Crippen molar-refractivity contribution in [3.05, 3.63) is 59.9 Å². The zero-order valence-corrected chi connectivity index (χ0v) is 19.7. The van der Waals surface area contributed by atoms with Crippen molar-refractivity contribution in [2.45, 2.75) is 44.8 Å². The summed E-state index contributed by atoms with van der Waals surface area (Å²) in [5.74, 6) is 0.0589. The van der Waals surface area contributed by atoms with Crippen molar-refractivity contribution in [2.75, 3.05) is 25.0 Å². The number of pyridine rings is 1. The molecule has 2 fully saturated rings. The van der Waals surface area contributed by atoms with Crippen molar-refractivity contribution in [3.8, 4) is 11.5 Å². The van der Waals surface area contributed by atoms with Gasteiger partial charge in [-0.15, -0.1) is 0 Å². The lowest BCUT2D eigenvalue weighted by molar-refractivity contribution is 0.0220. The highest BCUT2D eigenvalue weighted by Gasteiger charge is 2.29. The van der Waals surface area contributed by atoms with Crippen LogP contribution in [0.3, 0.4) is 0 Å². The summed E-state index contributed by atoms with van der Waals surface area (Å²) in [5.41, 5.74) is 4.54. The molecule has 0 radical (unpaired) electrons. The average Bonchev–Trinajstić information content (AvgIpc) is 3.64. The van der Waals surface area contributed by atoms with Gasteiger partial charge in [0.25, 0.3) is 5.91 Å². The third kappa shape index (κ3) is 4.33. The summed E-state index contributed by atoms with van der Waals surface area (Å²) in [6.45, 7) is 4.17. The lowest BCUT2D eigenvalue weighted by Crippen LogP contribution is -2.34. The first kappa shape index (κ1) is 21.9. The highest BCUT2D eigenvalue weighted by atomic mass is 16.5. The van der Waals surface area contributed by atoms with Gasteiger partial charge in [-0.05, 0) is 50.1 Å². The minimum Gasteiger partial charge on any atom is -0.444 e. The number of carbonyl (C=O) groups is 1. The topological polar surface area (TPSA) is 107 Å². The van der Waals surface area contributed by atoms with Crippen molar-refractivity contribution in [3.63, 3.8) is 0 Å². The number of oxazole rings is 1. The van der Waals surface area contributed by atoms with E-state index in [1.807, 2.05) is 31.2 Å². The third-order valence-electron chi connectivity index (χ3n) is 6.78. The SMILES string of the molecule is Cc1cc(-c2nc(C(=O)Nc3ccc4nn(C5CCCC5)c(C5CNCCO5)c4c3)co2)ccn1. The molecule has 0 bridgehead atoms. The van der Waals surface area contributed by atoms with Crippen molar-refractivity contribution in [2.24, 2.45) is 0 Å². The van der Waals surface area contributed by atoms with Gasteiger partial charge in [0.05, 0.1) is 23.9 Å². The molecule has 1 amide bonds. The highest BCUT2D eigenvalue weighted by Crippen LogP contribution is 2.37. The molecule has 4 heterocycles. The molecule has 1 saturated heterocycles. The molecule has 1 aromatic carbocycles. The molecular weight excluding hydrogens is 444 g/mol. The lowest BCUT2D eigenvalue weighted by atomic mass is 10.1. The van der Waals surface area contributed by atoms with Crippen LogP contribution in [-0.2, 0) is 4.74 Å². The number of amides is 1. The Hall–Kier alpha value is -3.56. The van der Waals surface area contributed by atoms with Crippen LogP contribution in [-0.4, -0.2) is 45.4 Å². The van der Waals surface area contributed by atoms with E-state index in [2.05, 4.69) is 25.3 Å². The Balaban J connectivity index is 1.29. The molecule has 1 saturated carbocycles. The molecule has 9 heteroatoms. The Bertz CT molecular complexity index is 1360. The molecule has 2 N–H and O–H groups in total. The van der Waals surface area contributed by atoms with E-state index in [0.29, 0.717) is 24.2 Å². The van der Waals surface area contributed by atoms with E-state index in [4.69, 9.17) is 14.3 Å². The molecule has 1 unspecified atom stereocenters. The van der Waals surface area contributed by atoms with E-state index >= 15 is 0 Å². The number of hydrogen-bond acceptors (Lipinski definition) is 7. The minimum absolute atomic E-state index is 0.0674. The second kappa shape index (κ2) is 9.24. The molecule has 4 aromatic rings. The summed E-state index contributed by atoms with van der Waals surface area (Å²) in [4.78, 5) is 21.5. The van der Waals surface area contributed by atoms with Crippen LogP contribution >= 0.6 is 0 Å². The molecule has 180 valence electrons. The van der Waals surface area contributed by atoms with Crippen LogP contribution in [0.1, 0.15) is 59.7 Å². The Kier molecular flexibility index (Phi) is 5.79. The standard InChI is InChI=1S/C26H28N6O3/c1-16-12-17(8-9-28-16)26-30-22(15-35-26)25(33)29-18-6-7-21-20(13-18)24(23-14-27-10-11-34-23)32(31-21)19-4-2-3-5-19/h6-9,12-13,15,19,23,27H,2-5,10-11,14H2,1H3,(H,29,33). The van der Waals surface area contributed by atoms with Crippen LogP contribution in [0.25, 0.3) is 22.4 Å². The maximum Gasteiger partial charge on any atom is 0.277 e.